The minimum atomic E-state index is -0.392. The van der Waals surface area contributed by atoms with Gasteiger partial charge in [0.05, 0.1) is 13.9 Å². The molecule has 2 aliphatic heterocycles. The molecule has 3 aromatic carbocycles. The van der Waals surface area contributed by atoms with Gasteiger partial charge in [-0.3, -0.25) is 4.99 Å². The van der Waals surface area contributed by atoms with E-state index in [0.29, 0.717) is 0 Å². The third kappa shape index (κ3) is 3.93. The summed E-state index contributed by atoms with van der Waals surface area (Å²) >= 11 is 0. The average molecular weight is 399 g/mol. The van der Waals surface area contributed by atoms with Gasteiger partial charge >= 0.3 is 0 Å². The van der Waals surface area contributed by atoms with Gasteiger partial charge in [0.25, 0.3) is 0 Å². The van der Waals surface area contributed by atoms with E-state index < -0.39 is 8.22 Å². The number of para-hydroxylation sites is 3. The van der Waals surface area contributed by atoms with Crippen LogP contribution >= 0.6 is 8.22 Å². The highest BCUT2D eigenvalue weighted by atomic mass is 31.1. The molecule has 146 valence electrons. The van der Waals surface area contributed by atoms with Crippen molar-refractivity contribution in [2.75, 3.05) is 28.6 Å². The molecule has 0 spiro atoms. The first-order valence-electron chi connectivity index (χ1n) is 10.5. The van der Waals surface area contributed by atoms with E-state index in [1.807, 2.05) is 0 Å². The Hall–Kier alpha value is -2.64. The predicted molar refractivity (Wildman–Crippen MR) is 126 cm³/mol. The molecule has 3 aromatic rings. The lowest BCUT2D eigenvalue weighted by Gasteiger charge is -2.32. The number of anilines is 2. The third-order valence-corrected chi connectivity index (χ3v) is 8.37. The van der Waals surface area contributed by atoms with E-state index in [0.717, 1.165) is 25.9 Å². The minimum Gasteiger partial charge on any atom is -0.332 e. The quantitative estimate of drug-likeness (QED) is 0.445. The van der Waals surface area contributed by atoms with Gasteiger partial charge in [0, 0.05) is 42.8 Å². The Bertz CT molecular complexity index is 940. The van der Waals surface area contributed by atoms with Gasteiger partial charge in [-0.15, -0.1) is 0 Å². The predicted octanol–water partition coefficient (Wildman–Crippen LogP) is 6.43. The molecule has 0 aliphatic carbocycles. The summed E-state index contributed by atoms with van der Waals surface area (Å²) in [7, 11) is -0.392. The largest absolute Gasteiger partial charge is 0.332 e. The highest BCUT2D eigenvalue weighted by Gasteiger charge is 2.32. The number of hydrogen-bond acceptors (Lipinski definition) is 3. The maximum Gasteiger partial charge on any atom is 0.0952 e. The SMILES string of the molecule is c1ccc(N2CCN(c3ccccc3)P2CCCC2=Nc3ccccc3C2)cc1. The zero-order valence-corrected chi connectivity index (χ0v) is 17.5. The third-order valence-electron chi connectivity index (χ3n) is 5.68. The Kier molecular flexibility index (Phi) is 5.32. The van der Waals surface area contributed by atoms with Crippen molar-refractivity contribution in [2.45, 2.75) is 19.3 Å². The second kappa shape index (κ2) is 8.39. The van der Waals surface area contributed by atoms with E-state index in [1.165, 1.54) is 40.9 Å². The highest BCUT2D eigenvalue weighted by molar-refractivity contribution is 7.61. The van der Waals surface area contributed by atoms with E-state index in [-0.39, 0.29) is 0 Å². The Morgan fingerprint density at radius 2 is 1.31 bits per heavy atom. The summed E-state index contributed by atoms with van der Waals surface area (Å²) in [6, 6.07) is 30.4. The number of benzene rings is 3. The summed E-state index contributed by atoms with van der Waals surface area (Å²) in [5.74, 6) is 0. The Morgan fingerprint density at radius 3 is 1.93 bits per heavy atom. The van der Waals surface area contributed by atoms with Crippen molar-refractivity contribution in [2.24, 2.45) is 4.99 Å². The van der Waals surface area contributed by atoms with E-state index in [4.69, 9.17) is 4.99 Å². The zero-order valence-electron chi connectivity index (χ0n) is 16.6. The molecule has 2 aliphatic rings. The van der Waals surface area contributed by atoms with Crippen molar-refractivity contribution in [3.8, 4) is 0 Å². The van der Waals surface area contributed by atoms with Crippen LogP contribution in [0.1, 0.15) is 18.4 Å². The van der Waals surface area contributed by atoms with Crippen molar-refractivity contribution in [1.82, 2.24) is 0 Å². The van der Waals surface area contributed by atoms with Crippen molar-refractivity contribution >= 4 is 31.0 Å². The van der Waals surface area contributed by atoms with Crippen LogP contribution in [-0.2, 0) is 6.42 Å². The summed E-state index contributed by atoms with van der Waals surface area (Å²) in [6.45, 7) is 2.19. The van der Waals surface area contributed by atoms with Gasteiger partial charge in [-0.2, -0.15) is 0 Å². The maximum atomic E-state index is 4.87. The van der Waals surface area contributed by atoms with Crippen LogP contribution in [0.2, 0.25) is 0 Å². The molecule has 0 radical (unpaired) electrons. The number of nitrogens with zero attached hydrogens (tertiary/aromatic N) is 3. The highest BCUT2D eigenvalue weighted by Crippen LogP contribution is 2.53. The Labute approximate surface area is 174 Å². The van der Waals surface area contributed by atoms with Gasteiger partial charge in [0.1, 0.15) is 0 Å². The fourth-order valence-electron chi connectivity index (χ4n) is 4.28. The van der Waals surface area contributed by atoms with Crippen LogP contribution in [0.4, 0.5) is 17.1 Å². The first-order valence-corrected chi connectivity index (χ1v) is 11.9. The van der Waals surface area contributed by atoms with Crippen molar-refractivity contribution in [3.05, 3.63) is 90.5 Å². The molecule has 0 unspecified atom stereocenters. The molecule has 1 fully saturated rings. The molecule has 0 aromatic heterocycles. The molecule has 3 nitrogen and oxygen atoms in total. The normalized spacial score (nSPS) is 16.2. The van der Waals surface area contributed by atoms with E-state index in [2.05, 4.69) is 94.3 Å². The molecule has 0 amide bonds. The van der Waals surface area contributed by atoms with Crippen molar-refractivity contribution in [1.29, 1.82) is 0 Å². The molecule has 0 atom stereocenters. The standard InChI is InChI=1S/C25H26N3P/c1-3-12-23(13-4-1)27-17-18-28(24-14-5-2-6-15-24)29(27)19-9-11-22-20-21-10-7-8-16-25(21)26-22/h1-8,10,12-16H,9,11,17-20H2. The fraction of sp³-hybridized carbons (Fsp3) is 0.240. The van der Waals surface area contributed by atoms with Gasteiger partial charge in [0.15, 0.2) is 0 Å². The summed E-state index contributed by atoms with van der Waals surface area (Å²) in [5.41, 5.74) is 6.60. The fourth-order valence-corrected chi connectivity index (χ4v) is 6.91. The van der Waals surface area contributed by atoms with Gasteiger partial charge in [-0.1, -0.05) is 54.6 Å². The summed E-state index contributed by atoms with van der Waals surface area (Å²) in [5, 5.41) is 0. The van der Waals surface area contributed by atoms with Gasteiger partial charge < -0.3 is 9.34 Å². The van der Waals surface area contributed by atoms with Crippen LogP contribution in [0.15, 0.2) is 89.9 Å². The van der Waals surface area contributed by atoms with E-state index in [1.54, 1.807) is 0 Å². The summed E-state index contributed by atoms with van der Waals surface area (Å²) in [6.07, 6.45) is 4.51. The maximum absolute atomic E-state index is 4.87. The van der Waals surface area contributed by atoms with Crippen LogP contribution in [0, 0.1) is 0 Å². The van der Waals surface area contributed by atoms with Crippen LogP contribution in [-0.4, -0.2) is 25.0 Å². The van der Waals surface area contributed by atoms with Crippen LogP contribution in [0.3, 0.4) is 0 Å². The Balaban J connectivity index is 1.30. The lowest BCUT2D eigenvalue weighted by Crippen LogP contribution is -2.17. The Morgan fingerprint density at radius 1 is 0.724 bits per heavy atom. The summed E-state index contributed by atoms with van der Waals surface area (Å²) in [4.78, 5) is 4.87. The second-order valence-electron chi connectivity index (χ2n) is 7.60. The molecule has 0 N–H and O–H groups in total. The summed E-state index contributed by atoms with van der Waals surface area (Å²) < 4.78 is 5.26. The lowest BCUT2D eigenvalue weighted by atomic mass is 10.1. The minimum absolute atomic E-state index is 0.392. The van der Waals surface area contributed by atoms with Gasteiger partial charge in [0.2, 0.25) is 0 Å². The monoisotopic (exact) mass is 399 g/mol. The number of aliphatic imine (C=N–C) groups is 1. The van der Waals surface area contributed by atoms with Crippen LogP contribution in [0.5, 0.6) is 0 Å². The first-order chi connectivity index (χ1) is 14.4. The number of rotatable bonds is 6. The second-order valence-corrected chi connectivity index (χ2v) is 9.76. The molecule has 4 heteroatoms. The van der Waals surface area contributed by atoms with Gasteiger partial charge in [-0.25, -0.2) is 0 Å². The molecular formula is C25H26N3P. The molecule has 1 saturated heterocycles. The molecule has 0 bridgehead atoms. The van der Waals surface area contributed by atoms with Crippen molar-refractivity contribution in [3.63, 3.8) is 0 Å². The topological polar surface area (TPSA) is 18.8 Å². The molecule has 29 heavy (non-hydrogen) atoms. The number of hydrogen-bond donors (Lipinski definition) is 0. The lowest BCUT2D eigenvalue weighted by molar-refractivity contribution is 0.982. The average Bonchev–Trinajstić information content (AvgIpc) is 3.39. The van der Waals surface area contributed by atoms with Crippen LogP contribution < -0.4 is 9.34 Å². The van der Waals surface area contributed by atoms with E-state index >= 15 is 0 Å². The number of fused-ring (bicyclic) bond motifs is 1. The zero-order chi connectivity index (χ0) is 19.5. The first kappa shape index (κ1) is 18.4. The molecule has 2 heterocycles. The van der Waals surface area contributed by atoms with Crippen molar-refractivity contribution < 1.29 is 0 Å². The van der Waals surface area contributed by atoms with Gasteiger partial charge in [-0.05, 0) is 48.7 Å². The molecule has 5 rings (SSSR count). The smallest absolute Gasteiger partial charge is 0.0952 e. The van der Waals surface area contributed by atoms with E-state index in [9.17, 15) is 0 Å². The molecule has 0 saturated carbocycles. The van der Waals surface area contributed by atoms with Crippen LogP contribution in [0.25, 0.3) is 0 Å². The molecular weight excluding hydrogens is 373 g/mol.